The van der Waals surface area contributed by atoms with Crippen LogP contribution in [0.15, 0.2) is 64.0 Å². The van der Waals surface area contributed by atoms with E-state index in [9.17, 15) is 0 Å². The van der Waals surface area contributed by atoms with E-state index in [1.54, 1.807) is 7.11 Å². The van der Waals surface area contributed by atoms with Crippen LogP contribution in [-0.4, -0.2) is 18.4 Å². The predicted molar refractivity (Wildman–Crippen MR) is 95.8 cm³/mol. The molecule has 0 radical (unpaired) electrons. The van der Waals surface area contributed by atoms with E-state index < -0.39 is 0 Å². The second-order valence-corrected chi connectivity index (χ2v) is 6.52. The molecule has 6 heteroatoms. The second kappa shape index (κ2) is 6.14. The molecule has 2 aliphatic heterocycles. The number of para-hydroxylation sites is 1. The van der Waals surface area contributed by atoms with Crippen molar-refractivity contribution in [3.63, 3.8) is 0 Å². The first-order valence-corrected chi connectivity index (χ1v) is 8.21. The lowest BCUT2D eigenvalue weighted by molar-refractivity contribution is 0.295. The van der Waals surface area contributed by atoms with Crippen molar-refractivity contribution < 1.29 is 4.74 Å². The smallest absolute Gasteiger partial charge is 0.143 e. The third-order valence-electron chi connectivity index (χ3n) is 3.92. The lowest BCUT2D eigenvalue weighted by Gasteiger charge is -2.23. The molecule has 5 nitrogen and oxygen atoms in total. The maximum atomic E-state index is 8.57. The Balaban J connectivity index is 2.03. The first kappa shape index (κ1) is 15.7. The Morgan fingerprint density at radius 2 is 1.96 bits per heavy atom. The maximum Gasteiger partial charge on any atom is 0.143 e. The molecule has 1 saturated heterocycles. The fraction of sp³-hybridized carbons (Fsp3) is 0.235. The predicted octanol–water partition coefficient (Wildman–Crippen LogP) is 3.10. The number of amidine groups is 1. The summed E-state index contributed by atoms with van der Waals surface area (Å²) in [6.45, 7) is 3.99. The number of methoxy groups -OCH3 is 1. The van der Waals surface area contributed by atoms with E-state index in [1.165, 1.54) is 11.8 Å². The van der Waals surface area contributed by atoms with Gasteiger partial charge in [-0.05, 0) is 26.0 Å². The normalized spacial score (nSPS) is 24.7. The highest BCUT2D eigenvalue weighted by molar-refractivity contribution is 8.05. The molecule has 23 heavy (non-hydrogen) atoms. The Kier molecular flexibility index (Phi) is 4.19. The molecule has 3 rings (SSSR count). The van der Waals surface area contributed by atoms with Crippen LogP contribution >= 0.6 is 11.8 Å². The summed E-state index contributed by atoms with van der Waals surface area (Å²) in [6.07, 6.45) is 1.90. The summed E-state index contributed by atoms with van der Waals surface area (Å²) in [4.78, 5) is 2.66. The number of benzene rings is 1. The quantitative estimate of drug-likeness (QED) is 0.778. The number of hydrogen-bond donors (Lipinski definition) is 3. The molecule has 0 amide bonds. The third kappa shape index (κ3) is 2.64. The average molecular weight is 328 g/mol. The number of ether oxygens (including phenoxy) is 1. The first-order valence-electron chi connectivity index (χ1n) is 7.33. The monoisotopic (exact) mass is 328 g/mol. The minimum absolute atomic E-state index is 0.319. The molecular formula is C17H20N4OS. The van der Waals surface area contributed by atoms with Gasteiger partial charge in [0.15, 0.2) is 0 Å². The van der Waals surface area contributed by atoms with E-state index in [-0.39, 0.29) is 5.50 Å². The number of nitrogens with one attached hydrogen (secondary N) is 2. The van der Waals surface area contributed by atoms with E-state index >= 15 is 0 Å². The van der Waals surface area contributed by atoms with Crippen molar-refractivity contribution in [1.29, 1.82) is 5.41 Å². The number of hydrogen-bond acceptors (Lipinski definition) is 5. The van der Waals surface area contributed by atoms with E-state index in [4.69, 9.17) is 15.9 Å². The van der Waals surface area contributed by atoms with Gasteiger partial charge in [0.25, 0.3) is 0 Å². The van der Waals surface area contributed by atoms with Gasteiger partial charge in [0.2, 0.25) is 0 Å². The minimum atomic E-state index is -0.319. The van der Waals surface area contributed by atoms with E-state index in [1.807, 2.05) is 55.3 Å². The van der Waals surface area contributed by atoms with Gasteiger partial charge >= 0.3 is 0 Å². The second-order valence-electron chi connectivity index (χ2n) is 5.40. The van der Waals surface area contributed by atoms with Crippen molar-refractivity contribution >= 4 is 23.3 Å². The van der Waals surface area contributed by atoms with Crippen molar-refractivity contribution in [2.24, 2.45) is 5.73 Å². The van der Waals surface area contributed by atoms with Crippen LogP contribution < -0.4 is 16.0 Å². The van der Waals surface area contributed by atoms with Gasteiger partial charge < -0.3 is 20.7 Å². The fourth-order valence-electron chi connectivity index (χ4n) is 2.82. The largest absolute Gasteiger partial charge is 0.496 e. The van der Waals surface area contributed by atoms with Crippen LogP contribution in [0.4, 0.5) is 5.69 Å². The standard InChI is InChI=1S/C17H20N4OS/c1-10-9-20-13(11(2)14(10)22-3)15-16(18)21(17(19)23-15)12-7-5-4-6-8-12/h4-9,17-18,20H,19H2,1-3H3. The topological polar surface area (TPSA) is 74.4 Å². The number of allylic oxidation sites excluding steroid dienone is 2. The van der Waals surface area contributed by atoms with Gasteiger partial charge in [0.05, 0.1) is 17.7 Å². The molecule has 2 heterocycles. The van der Waals surface area contributed by atoms with Crippen molar-refractivity contribution in [2.45, 2.75) is 19.3 Å². The SMILES string of the molecule is COC1=C(C)C(=C2SC(N)N(c3ccccc3)C2=N)NC=C1C. The van der Waals surface area contributed by atoms with Crippen LogP contribution in [0.5, 0.6) is 0 Å². The average Bonchev–Trinajstić information content (AvgIpc) is 2.83. The Morgan fingerprint density at radius 1 is 1.26 bits per heavy atom. The van der Waals surface area contributed by atoms with E-state index in [0.717, 1.165) is 33.2 Å². The minimum Gasteiger partial charge on any atom is -0.496 e. The molecule has 0 spiro atoms. The highest BCUT2D eigenvalue weighted by Crippen LogP contribution is 2.40. The number of nitrogens with zero attached hydrogens (tertiary/aromatic N) is 1. The van der Waals surface area contributed by atoms with Gasteiger partial charge in [-0.1, -0.05) is 30.0 Å². The fourth-order valence-corrected chi connectivity index (χ4v) is 3.94. The molecule has 1 aromatic rings. The maximum absolute atomic E-state index is 8.57. The van der Waals surface area contributed by atoms with Crippen molar-refractivity contribution in [3.05, 3.63) is 64.0 Å². The molecule has 0 aromatic heterocycles. The van der Waals surface area contributed by atoms with Crippen LogP contribution in [0.2, 0.25) is 0 Å². The van der Waals surface area contributed by atoms with Crippen LogP contribution in [0.3, 0.4) is 0 Å². The molecule has 0 saturated carbocycles. The van der Waals surface area contributed by atoms with Crippen molar-refractivity contribution in [3.8, 4) is 0 Å². The summed E-state index contributed by atoms with van der Waals surface area (Å²) < 4.78 is 5.49. The van der Waals surface area contributed by atoms with Gasteiger partial charge in [-0.25, -0.2) is 0 Å². The molecule has 0 aliphatic carbocycles. The Hall–Kier alpha value is -2.18. The van der Waals surface area contributed by atoms with E-state index in [2.05, 4.69) is 5.32 Å². The number of thioether (sulfide) groups is 1. The summed E-state index contributed by atoms with van der Waals surface area (Å²) >= 11 is 1.48. The number of anilines is 1. The molecule has 1 fully saturated rings. The zero-order chi connectivity index (χ0) is 16.6. The van der Waals surface area contributed by atoms with Gasteiger partial charge in [0.1, 0.15) is 17.1 Å². The van der Waals surface area contributed by atoms with Gasteiger partial charge in [0, 0.05) is 23.0 Å². The van der Waals surface area contributed by atoms with Gasteiger partial charge in [-0.15, -0.1) is 0 Å². The Morgan fingerprint density at radius 3 is 2.61 bits per heavy atom. The zero-order valence-electron chi connectivity index (χ0n) is 13.4. The Bertz CT molecular complexity index is 736. The lowest BCUT2D eigenvalue weighted by atomic mass is 10.0. The molecule has 2 aliphatic rings. The number of nitrogens with two attached hydrogens (primary N) is 1. The first-order chi connectivity index (χ1) is 11.0. The van der Waals surface area contributed by atoms with E-state index in [0.29, 0.717) is 5.84 Å². The van der Waals surface area contributed by atoms with Crippen LogP contribution in [0.1, 0.15) is 13.8 Å². The highest BCUT2D eigenvalue weighted by atomic mass is 32.2. The lowest BCUT2D eigenvalue weighted by Crippen LogP contribution is -2.37. The van der Waals surface area contributed by atoms with Gasteiger partial charge in [-0.3, -0.25) is 5.41 Å². The molecule has 4 N–H and O–H groups in total. The van der Waals surface area contributed by atoms with Crippen LogP contribution in [0.25, 0.3) is 0 Å². The van der Waals surface area contributed by atoms with Crippen LogP contribution in [0, 0.1) is 5.41 Å². The molecule has 120 valence electrons. The number of dihydropyridines is 1. The molecule has 1 unspecified atom stereocenters. The highest BCUT2D eigenvalue weighted by Gasteiger charge is 2.35. The third-order valence-corrected chi connectivity index (χ3v) is 5.01. The molecule has 1 atom stereocenters. The van der Waals surface area contributed by atoms with Crippen molar-refractivity contribution in [1.82, 2.24) is 5.32 Å². The Labute approximate surface area is 140 Å². The van der Waals surface area contributed by atoms with Crippen LogP contribution in [-0.2, 0) is 4.74 Å². The molecule has 1 aromatic carbocycles. The van der Waals surface area contributed by atoms with Crippen molar-refractivity contribution in [2.75, 3.05) is 12.0 Å². The molecular weight excluding hydrogens is 308 g/mol. The number of rotatable bonds is 2. The van der Waals surface area contributed by atoms with Gasteiger partial charge in [-0.2, -0.15) is 0 Å². The summed E-state index contributed by atoms with van der Waals surface area (Å²) in [6, 6.07) is 9.78. The summed E-state index contributed by atoms with van der Waals surface area (Å²) in [5, 5.41) is 11.9. The zero-order valence-corrected chi connectivity index (χ0v) is 14.2. The summed E-state index contributed by atoms with van der Waals surface area (Å²) in [7, 11) is 1.67. The molecule has 0 bridgehead atoms. The summed E-state index contributed by atoms with van der Waals surface area (Å²) in [5.74, 6) is 1.24. The summed E-state index contributed by atoms with van der Waals surface area (Å²) in [5.41, 5.74) is 9.77.